The maximum absolute atomic E-state index is 12.9. The predicted octanol–water partition coefficient (Wildman–Crippen LogP) is 15.7. The second-order valence-electron chi connectivity index (χ2n) is 19.9. The third kappa shape index (κ3) is 50.2. The van der Waals surface area contributed by atoms with E-state index in [1.165, 1.54) is 180 Å². The molecule has 0 radical (unpaired) electrons. The largest absolute Gasteiger partial charge is 0.756 e. The van der Waals surface area contributed by atoms with Crippen LogP contribution in [0.1, 0.15) is 251 Å². The summed E-state index contributed by atoms with van der Waals surface area (Å²) in [4.78, 5) is 25.3. The minimum Gasteiger partial charge on any atom is -0.756 e. The third-order valence-corrected chi connectivity index (χ3v) is 13.2. The lowest BCUT2D eigenvalue weighted by atomic mass is 10.0. The van der Waals surface area contributed by atoms with Crippen LogP contribution in [0.4, 0.5) is 0 Å². The lowest BCUT2D eigenvalue weighted by Gasteiger charge is -2.29. The van der Waals surface area contributed by atoms with Gasteiger partial charge < -0.3 is 28.8 Å². The first kappa shape index (κ1) is 63.5. The SMILES string of the molecule is CCCCCCC/C=C\C/C=C\C/C=C\CCCCCCCCCCCCCCCCCCCCCCC(=O)NC(COP(=O)([O-])OCC[N+](C)(C)C)C(O)/C=C/CCCCCCCC. The zero-order valence-corrected chi connectivity index (χ0v) is 44.3. The van der Waals surface area contributed by atoms with Crippen molar-refractivity contribution in [1.82, 2.24) is 5.32 Å². The fraction of sp³-hybridized carbons (Fsp3) is 0.839. The average Bonchev–Trinajstić information content (AvgIpc) is 3.26. The van der Waals surface area contributed by atoms with E-state index in [4.69, 9.17) is 9.05 Å². The molecular formula is C56H107N2O6P. The van der Waals surface area contributed by atoms with E-state index in [0.717, 1.165) is 51.4 Å². The summed E-state index contributed by atoms with van der Waals surface area (Å²) in [6.45, 7) is 4.60. The first-order valence-corrected chi connectivity index (χ1v) is 29.0. The third-order valence-electron chi connectivity index (χ3n) is 12.3. The number of likely N-dealkylation sites (N-methyl/N-ethyl adjacent to an activating group) is 1. The molecule has 0 aromatic carbocycles. The molecule has 8 nitrogen and oxygen atoms in total. The molecule has 3 unspecified atom stereocenters. The molecule has 0 saturated heterocycles. The summed E-state index contributed by atoms with van der Waals surface area (Å²) in [5, 5.41) is 13.7. The van der Waals surface area contributed by atoms with Crippen molar-refractivity contribution in [3.63, 3.8) is 0 Å². The Morgan fingerprint density at radius 3 is 1.29 bits per heavy atom. The molecule has 0 spiro atoms. The number of phosphoric ester groups is 1. The Morgan fingerprint density at radius 2 is 0.892 bits per heavy atom. The van der Waals surface area contributed by atoms with Crippen LogP contribution >= 0.6 is 7.82 Å². The fourth-order valence-electron chi connectivity index (χ4n) is 7.93. The van der Waals surface area contributed by atoms with Crippen LogP contribution in [0.3, 0.4) is 0 Å². The number of quaternary nitrogens is 1. The monoisotopic (exact) mass is 935 g/mol. The molecule has 0 aromatic heterocycles. The number of allylic oxidation sites excluding steroid dienone is 7. The van der Waals surface area contributed by atoms with Gasteiger partial charge in [0.05, 0.1) is 39.9 Å². The van der Waals surface area contributed by atoms with Crippen molar-refractivity contribution in [3.8, 4) is 0 Å². The van der Waals surface area contributed by atoms with Crippen molar-refractivity contribution in [2.24, 2.45) is 0 Å². The highest BCUT2D eigenvalue weighted by molar-refractivity contribution is 7.45. The number of aliphatic hydroxyl groups is 1. The molecular weight excluding hydrogens is 828 g/mol. The standard InChI is InChI=1S/C56H107N2O6P/c1-6-8-10-12-14-16-17-18-19-20-21-22-23-24-25-26-27-28-29-30-31-32-33-34-35-36-37-38-39-40-41-42-44-46-48-50-56(60)57-54(53-64-65(61,62)63-52-51-58(3,4)5)55(59)49-47-45-43-15-13-11-9-7-2/h17-18,20-21,23-24,47,49,54-55,59H,6-16,19,22,25-46,48,50-53H2,1-5H3,(H-,57,60,61,62)/b18-17-,21-20-,24-23-,49-47+. The fourth-order valence-corrected chi connectivity index (χ4v) is 8.65. The molecule has 382 valence electrons. The number of hydrogen-bond donors (Lipinski definition) is 2. The summed E-state index contributed by atoms with van der Waals surface area (Å²) in [6.07, 6.45) is 62.2. The van der Waals surface area contributed by atoms with Gasteiger partial charge in [-0.2, -0.15) is 0 Å². The molecule has 0 rings (SSSR count). The molecule has 2 N–H and O–H groups in total. The van der Waals surface area contributed by atoms with Gasteiger partial charge in [-0.25, -0.2) is 0 Å². The highest BCUT2D eigenvalue weighted by Gasteiger charge is 2.23. The van der Waals surface area contributed by atoms with Crippen molar-refractivity contribution < 1.29 is 32.9 Å². The Hall–Kier alpha value is -1.54. The Morgan fingerprint density at radius 1 is 0.538 bits per heavy atom. The number of amides is 1. The van der Waals surface area contributed by atoms with E-state index in [-0.39, 0.29) is 19.1 Å². The Kier molecular flexibility index (Phi) is 46.4. The predicted molar refractivity (Wildman–Crippen MR) is 279 cm³/mol. The maximum Gasteiger partial charge on any atom is 0.268 e. The smallest absolute Gasteiger partial charge is 0.268 e. The summed E-state index contributed by atoms with van der Waals surface area (Å²) in [7, 11) is 1.26. The highest BCUT2D eigenvalue weighted by Crippen LogP contribution is 2.38. The van der Waals surface area contributed by atoms with Crippen LogP contribution in [0.25, 0.3) is 0 Å². The first-order valence-electron chi connectivity index (χ1n) is 27.5. The Labute approximate surface area is 403 Å². The van der Waals surface area contributed by atoms with E-state index >= 15 is 0 Å². The summed E-state index contributed by atoms with van der Waals surface area (Å²) in [5.41, 5.74) is 0. The molecule has 0 saturated carbocycles. The Balaban J connectivity index is 3.87. The number of nitrogens with zero attached hydrogens (tertiary/aromatic N) is 1. The number of carbonyl (C=O) groups excluding carboxylic acids is 1. The van der Waals surface area contributed by atoms with Gasteiger partial charge >= 0.3 is 0 Å². The van der Waals surface area contributed by atoms with Crippen molar-refractivity contribution in [3.05, 3.63) is 48.6 Å². The van der Waals surface area contributed by atoms with Crippen LogP contribution in [-0.4, -0.2) is 68.5 Å². The second-order valence-corrected chi connectivity index (χ2v) is 21.3. The van der Waals surface area contributed by atoms with Crippen LogP contribution in [0.15, 0.2) is 48.6 Å². The van der Waals surface area contributed by atoms with E-state index in [1.54, 1.807) is 6.08 Å². The summed E-state index contributed by atoms with van der Waals surface area (Å²) in [5.74, 6) is -0.199. The van der Waals surface area contributed by atoms with Gasteiger partial charge in [0.25, 0.3) is 7.82 Å². The lowest BCUT2D eigenvalue weighted by Crippen LogP contribution is -2.45. The molecule has 1 amide bonds. The van der Waals surface area contributed by atoms with Gasteiger partial charge in [-0.05, 0) is 57.8 Å². The van der Waals surface area contributed by atoms with Crippen molar-refractivity contribution in [2.75, 3.05) is 40.9 Å². The Bertz CT molecular complexity index is 1200. The van der Waals surface area contributed by atoms with Crippen molar-refractivity contribution >= 4 is 13.7 Å². The summed E-state index contributed by atoms with van der Waals surface area (Å²) < 4.78 is 23.2. The average molecular weight is 935 g/mol. The van der Waals surface area contributed by atoms with E-state index in [9.17, 15) is 19.4 Å². The number of hydrogen-bond acceptors (Lipinski definition) is 6. The molecule has 65 heavy (non-hydrogen) atoms. The summed E-state index contributed by atoms with van der Waals surface area (Å²) >= 11 is 0. The minimum atomic E-state index is -4.58. The van der Waals surface area contributed by atoms with Crippen LogP contribution in [-0.2, 0) is 18.4 Å². The van der Waals surface area contributed by atoms with Crippen LogP contribution in [0.5, 0.6) is 0 Å². The van der Waals surface area contributed by atoms with E-state index < -0.39 is 20.0 Å². The second kappa shape index (κ2) is 47.5. The molecule has 9 heteroatoms. The minimum absolute atomic E-state index is 0.000808. The molecule has 0 aliphatic heterocycles. The zero-order valence-electron chi connectivity index (χ0n) is 43.4. The molecule has 0 bridgehead atoms. The van der Waals surface area contributed by atoms with Crippen molar-refractivity contribution in [1.29, 1.82) is 0 Å². The number of aliphatic hydroxyl groups excluding tert-OH is 1. The summed E-state index contributed by atoms with van der Waals surface area (Å²) in [6, 6.07) is -0.883. The molecule has 0 aliphatic rings. The van der Waals surface area contributed by atoms with Crippen LogP contribution < -0.4 is 10.2 Å². The number of phosphoric acid groups is 1. The van der Waals surface area contributed by atoms with Crippen LogP contribution in [0.2, 0.25) is 0 Å². The number of unbranched alkanes of at least 4 members (excludes halogenated alkanes) is 31. The van der Waals surface area contributed by atoms with Gasteiger partial charge in [0, 0.05) is 6.42 Å². The van der Waals surface area contributed by atoms with E-state index in [2.05, 4.69) is 55.6 Å². The van der Waals surface area contributed by atoms with Gasteiger partial charge in [-0.15, -0.1) is 0 Å². The molecule has 3 atom stereocenters. The van der Waals surface area contributed by atoms with Crippen molar-refractivity contribution in [2.45, 2.75) is 264 Å². The van der Waals surface area contributed by atoms with Gasteiger partial charge in [0.15, 0.2) is 0 Å². The molecule has 0 aliphatic carbocycles. The number of nitrogens with one attached hydrogen (secondary N) is 1. The topological polar surface area (TPSA) is 108 Å². The van der Waals surface area contributed by atoms with Gasteiger partial charge in [0.1, 0.15) is 13.2 Å². The molecule has 0 aromatic rings. The normalized spacial score (nSPS) is 14.4. The lowest BCUT2D eigenvalue weighted by molar-refractivity contribution is -0.870. The molecule has 0 heterocycles. The van der Waals surface area contributed by atoms with E-state index in [1.807, 2.05) is 27.2 Å². The molecule has 0 fully saturated rings. The van der Waals surface area contributed by atoms with Gasteiger partial charge in [-0.3, -0.25) is 9.36 Å². The quantitative estimate of drug-likeness (QED) is 0.0272. The number of carbonyl (C=O) groups is 1. The van der Waals surface area contributed by atoms with Gasteiger partial charge in [0.2, 0.25) is 5.91 Å². The zero-order chi connectivity index (χ0) is 47.8. The van der Waals surface area contributed by atoms with E-state index in [0.29, 0.717) is 17.4 Å². The maximum atomic E-state index is 12.9. The first-order chi connectivity index (χ1) is 31.5. The number of rotatable bonds is 50. The van der Waals surface area contributed by atoms with Gasteiger partial charge in [-0.1, -0.05) is 236 Å². The highest BCUT2D eigenvalue weighted by atomic mass is 31.2. The van der Waals surface area contributed by atoms with Crippen LogP contribution in [0, 0.1) is 0 Å².